The van der Waals surface area contributed by atoms with Crippen molar-refractivity contribution < 1.29 is 0 Å². The largest absolute Gasteiger partial charge is 0.356 e. The van der Waals surface area contributed by atoms with Crippen molar-refractivity contribution in [3.8, 4) is 0 Å². The van der Waals surface area contributed by atoms with Gasteiger partial charge in [-0.05, 0) is 12.3 Å². The van der Waals surface area contributed by atoms with Gasteiger partial charge in [0.15, 0.2) is 5.96 Å². The molecule has 2 heterocycles. The summed E-state index contributed by atoms with van der Waals surface area (Å²) in [5, 5.41) is 6.54. The number of aliphatic imine (C=N–C) groups is 1. The summed E-state index contributed by atoms with van der Waals surface area (Å²) in [5.41, 5.74) is 0. The number of hydrogen-bond donors (Lipinski definition) is 2. The van der Waals surface area contributed by atoms with E-state index in [0.29, 0.717) is 5.92 Å². The fourth-order valence-corrected chi connectivity index (χ4v) is 1.88. The lowest BCUT2D eigenvalue weighted by molar-refractivity contribution is 0.503. The van der Waals surface area contributed by atoms with Gasteiger partial charge >= 0.3 is 0 Å². The maximum absolute atomic E-state index is 4.38. The van der Waals surface area contributed by atoms with Crippen LogP contribution in [-0.4, -0.2) is 28.6 Å². The molecule has 0 unspecified atom stereocenters. The third-order valence-electron chi connectivity index (χ3n) is 2.67. The van der Waals surface area contributed by atoms with Crippen LogP contribution in [0.25, 0.3) is 0 Å². The zero-order chi connectivity index (χ0) is 12.1. The van der Waals surface area contributed by atoms with Gasteiger partial charge in [0.2, 0.25) is 0 Å². The van der Waals surface area contributed by atoms with Gasteiger partial charge in [0.25, 0.3) is 0 Å². The van der Waals surface area contributed by atoms with Crippen LogP contribution in [0, 0.1) is 5.92 Å². The van der Waals surface area contributed by atoms with E-state index < -0.39 is 0 Å². The van der Waals surface area contributed by atoms with Crippen molar-refractivity contribution in [2.45, 2.75) is 33.4 Å². The summed E-state index contributed by atoms with van der Waals surface area (Å²) < 4.78 is 2.20. The van der Waals surface area contributed by atoms with Crippen LogP contribution < -0.4 is 10.6 Å². The first kappa shape index (κ1) is 15.3. The molecule has 0 radical (unpaired) electrons. The molecule has 5 nitrogen and oxygen atoms in total. The van der Waals surface area contributed by atoms with E-state index in [-0.39, 0.29) is 24.0 Å². The molecule has 0 aromatic carbocycles. The Balaban J connectivity index is 0.00000162. The van der Waals surface area contributed by atoms with Gasteiger partial charge in [0.1, 0.15) is 5.82 Å². The first-order chi connectivity index (χ1) is 8.25. The highest BCUT2D eigenvalue weighted by Gasteiger charge is 2.07. The summed E-state index contributed by atoms with van der Waals surface area (Å²) in [6.07, 6.45) is 5.01. The smallest absolute Gasteiger partial charge is 0.191 e. The van der Waals surface area contributed by atoms with E-state index in [9.17, 15) is 0 Å². The monoisotopic (exact) mass is 363 g/mol. The van der Waals surface area contributed by atoms with Crippen LogP contribution in [0.15, 0.2) is 17.4 Å². The van der Waals surface area contributed by atoms with Crippen molar-refractivity contribution in [2.24, 2.45) is 10.9 Å². The molecule has 18 heavy (non-hydrogen) atoms. The van der Waals surface area contributed by atoms with Gasteiger partial charge in [0, 0.05) is 32.0 Å². The van der Waals surface area contributed by atoms with Crippen molar-refractivity contribution in [1.82, 2.24) is 20.2 Å². The molecule has 6 heteroatoms. The molecule has 0 atom stereocenters. The maximum Gasteiger partial charge on any atom is 0.191 e. The summed E-state index contributed by atoms with van der Waals surface area (Å²) in [7, 11) is 0. The Bertz CT molecular complexity index is 386. The minimum Gasteiger partial charge on any atom is -0.356 e. The Kier molecular flexibility index (Phi) is 6.45. The van der Waals surface area contributed by atoms with E-state index in [1.165, 1.54) is 0 Å². The normalized spacial score (nSPS) is 14.7. The van der Waals surface area contributed by atoms with E-state index in [1.54, 1.807) is 0 Å². The quantitative estimate of drug-likeness (QED) is 0.799. The molecule has 0 fully saturated rings. The van der Waals surface area contributed by atoms with Crippen LogP contribution in [0.2, 0.25) is 0 Å². The number of imidazole rings is 1. The highest BCUT2D eigenvalue weighted by atomic mass is 127. The van der Waals surface area contributed by atoms with Gasteiger partial charge in [-0.15, -0.1) is 24.0 Å². The van der Waals surface area contributed by atoms with Crippen LogP contribution in [0.4, 0.5) is 0 Å². The van der Waals surface area contributed by atoms with Crippen LogP contribution >= 0.6 is 24.0 Å². The Morgan fingerprint density at radius 3 is 3.00 bits per heavy atom. The second-order valence-electron chi connectivity index (χ2n) is 4.75. The van der Waals surface area contributed by atoms with Crippen molar-refractivity contribution >= 4 is 29.9 Å². The summed E-state index contributed by atoms with van der Waals surface area (Å²) in [4.78, 5) is 8.75. The van der Waals surface area contributed by atoms with Gasteiger partial charge in [-0.3, -0.25) is 4.99 Å². The van der Waals surface area contributed by atoms with E-state index >= 15 is 0 Å². The lowest BCUT2D eigenvalue weighted by Gasteiger charge is -2.16. The minimum absolute atomic E-state index is 0. The summed E-state index contributed by atoms with van der Waals surface area (Å²) in [6, 6.07) is 0. The number of nitrogens with zero attached hydrogens (tertiary/aromatic N) is 3. The second-order valence-corrected chi connectivity index (χ2v) is 4.75. The number of halogens is 1. The van der Waals surface area contributed by atoms with Gasteiger partial charge < -0.3 is 15.2 Å². The average Bonchev–Trinajstić information content (AvgIpc) is 2.74. The lowest BCUT2D eigenvalue weighted by Crippen LogP contribution is -2.40. The fourth-order valence-electron chi connectivity index (χ4n) is 1.88. The lowest BCUT2D eigenvalue weighted by atomic mass is 10.2. The molecule has 0 bridgehead atoms. The third-order valence-corrected chi connectivity index (χ3v) is 2.67. The second kappa shape index (κ2) is 7.60. The molecule has 0 amide bonds. The molecule has 1 aromatic rings. The maximum atomic E-state index is 4.38. The minimum atomic E-state index is 0. The van der Waals surface area contributed by atoms with Crippen molar-refractivity contribution in [3.05, 3.63) is 18.2 Å². The Labute approximate surface area is 125 Å². The Hall–Kier alpha value is -0.790. The van der Waals surface area contributed by atoms with Gasteiger partial charge in [0.05, 0.1) is 6.54 Å². The molecule has 1 aromatic heterocycles. The van der Waals surface area contributed by atoms with E-state index in [4.69, 9.17) is 0 Å². The molecule has 2 N–H and O–H groups in total. The SMILES string of the molecule is CC(C)Cn1ccnc1CNC1=NCCCN1.I. The average molecular weight is 363 g/mol. The van der Waals surface area contributed by atoms with Crippen molar-refractivity contribution in [2.75, 3.05) is 13.1 Å². The highest BCUT2D eigenvalue weighted by molar-refractivity contribution is 14.0. The van der Waals surface area contributed by atoms with Gasteiger partial charge in [-0.25, -0.2) is 4.98 Å². The number of guanidine groups is 1. The van der Waals surface area contributed by atoms with Crippen LogP contribution in [0.3, 0.4) is 0 Å². The molecular formula is C12H22IN5. The Morgan fingerprint density at radius 1 is 1.50 bits per heavy atom. The molecule has 0 aliphatic carbocycles. The van der Waals surface area contributed by atoms with Gasteiger partial charge in [-0.2, -0.15) is 0 Å². The number of aromatic nitrogens is 2. The first-order valence-electron chi connectivity index (χ1n) is 6.28. The summed E-state index contributed by atoms with van der Waals surface area (Å²) in [5.74, 6) is 2.59. The fraction of sp³-hybridized carbons (Fsp3) is 0.667. The highest BCUT2D eigenvalue weighted by Crippen LogP contribution is 2.03. The number of hydrogen-bond acceptors (Lipinski definition) is 4. The van der Waals surface area contributed by atoms with E-state index in [2.05, 4.69) is 39.0 Å². The summed E-state index contributed by atoms with van der Waals surface area (Å²) >= 11 is 0. The topological polar surface area (TPSA) is 54.2 Å². The number of rotatable bonds is 4. The zero-order valence-corrected chi connectivity index (χ0v) is 13.3. The zero-order valence-electron chi connectivity index (χ0n) is 11.0. The van der Waals surface area contributed by atoms with Crippen LogP contribution in [0.1, 0.15) is 26.1 Å². The molecule has 0 saturated heterocycles. The van der Waals surface area contributed by atoms with Crippen LogP contribution in [0.5, 0.6) is 0 Å². The predicted octanol–water partition coefficient (Wildman–Crippen LogP) is 1.60. The van der Waals surface area contributed by atoms with Crippen molar-refractivity contribution in [1.29, 1.82) is 0 Å². The van der Waals surface area contributed by atoms with E-state index in [1.807, 2.05) is 12.4 Å². The Morgan fingerprint density at radius 2 is 2.33 bits per heavy atom. The predicted molar refractivity (Wildman–Crippen MR) is 84.2 cm³/mol. The molecule has 0 saturated carbocycles. The number of nitrogens with one attached hydrogen (secondary N) is 2. The molecular weight excluding hydrogens is 341 g/mol. The molecule has 0 spiro atoms. The third kappa shape index (κ3) is 4.47. The standard InChI is InChI=1S/C12H21N5.HI/c1-10(2)9-17-7-6-13-11(17)8-16-12-14-4-3-5-15-12;/h6-7,10H,3-5,8-9H2,1-2H3,(H2,14,15,16);1H. The molecule has 1 aliphatic heterocycles. The van der Waals surface area contributed by atoms with Crippen molar-refractivity contribution in [3.63, 3.8) is 0 Å². The molecule has 2 rings (SSSR count). The molecule has 102 valence electrons. The summed E-state index contributed by atoms with van der Waals surface area (Å²) in [6.45, 7) is 8.08. The molecule has 1 aliphatic rings. The van der Waals surface area contributed by atoms with E-state index in [0.717, 1.165) is 44.4 Å². The first-order valence-corrected chi connectivity index (χ1v) is 6.28. The van der Waals surface area contributed by atoms with Crippen LogP contribution in [-0.2, 0) is 13.1 Å². The van der Waals surface area contributed by atoms with Gasteiger partial charge in [-0.1, -0.05) is 13.8 Å².